The second kappa shape index (κ2) is 8.19. The maximum Gasteiger partial charge on any atom is 0.282 e. The number of aromatic nitrogens is 4. The number of amides is 1. The first-order valence-electron chi connectivity index (χ1n) is 8.84. The van der Waals surface area contributed by atoms with Crippen LogP contribution in [0.3, 0.4) is 0 Å². The van der Waals surface area contributed by atoms with Crippen LogP contribution < -0.4 is 10.6 Å². The van der Waals surface area contributed by atoms with E-state index in [9.17, 15) is 14.9 Å². The quantitative estimate of drug-likeness (QED) is 0.373. The van der Waals surface area contributed by atoms with Crippen LogP contribution in [0.15, 0.2) is 79.4 Å². The van der Waals surface area contributed by atoms with E-state index in [4.69, 9.17) is 0 Å². The highest BCUT2D eigenvalue weighted by molar-refractivity contribution is 6.07. The molecule has 0 radical (unpaired) electrons. The van der Waals surface area contributed by atoms with Crippen LogP contribution in [-0.2, 0) is 0 Å². The van der Waals surface area contributed by atoms with Crippen molar-refractivity contribution in [3.8, 4) is 5.82 Å². The van der Waals surface area contributed by atoms with Gasteiger partial charge in [-0.25, -0.2) is 14.6 Å². The molecule has 2 heterocycles. The lowest BCUT2D eigenvalue weighted by Gasteiger charge is -2.09. The third-order valence-electron chi connectivity index (χ3n) is 4.15. The summed E-state index contributed by atoms with van der Waals surface area (Å²) in [6, 6.07) is 16.2. The monoisotopic (exact) mass is 401 g/mol. The average molecular weight is 401 g/mol. The molecule has 0 aliphatic carbocycles. The molecule has 4 aromatic rings. The van der Waals surface area contributed by atoms with Gasteiger partial charge in [-0.1, -0.05) is 12.1 Å². The molecule has 2 aromatic carbocycles. The highest BCUT2D eigenvalue weighted by atomic mass is 16.6. The number of nitrogens with zero attached hydrogens (tertiary/aromatic N) is 5. The fraction of sp³-hybridized carbons (Fsp3) is 0. The van der Waals surface area contributed by atoms with Crippen molar-refractivity contribution < 1.29 is 9.72 Å². The van der Waals surface area contributed by atoms with Crippen molar-refractivity contribution in [2.75, 3.05) is 10.6 Å². The van der Waals surface area contributed by atoms with Gasteiger partial charge in [0.2, 0.25) is 0 Å². The number of para-hydroxylation sites is 1. The lowest BCUT2D eigenvalue weighted by atomic mass is 10.1. The minimum Gasteiger partial charge on any atom is -0.340 e. The number of hydrogen-bond acceptors (Lipinski definition) is 7. The van der Waals surface area contributed by atoms with E-state index in [1.54, 1.807) is 59.5 Å². The molecule has 2 aromatic heterocycles. The van der Waals surface area contributed by atoms with Crippen LogP contribution in [0.5, 0.6) is 0 Å². The summed E-state index contributed by atoms with van der Waals surface area (Å²) in [4.78, 5) is 31.3. The fourth-order valence-corrected chi connectivity index (χ4v) is 2.75. The Bertz CT molecular complexity index is 1190. The predicted molar refractivity (Wildman–Crippen MR) is 110 cm³/mol. The Morgan fingerprint density at radius 3 is 2.50 bits per heavy atom. The molecule has 10 heteroatoms. The third kappa shape index (κ3) is 4.12. The Balaban J connectivity index is 1.46. The van der Waals surface area contributed by atoms with E-state index in [0.717, 1.165) is 5.69 Å². The van der Waals surface area contributed by atoms with Crippen LogP contribution in [0.25, 0.3) is 5.82 Å². The van der Waals surface area contributed by atoms with Gasteiger partial charge in [0.15, 0.2) is 5.82 Å². The van der Waals surface area contributed by atoms with Crippen LogP contribution in [0.1, 0.15) is 10.4 Å². The molecule has 0 saturated heterocycles. The van der Waals surface area contributed by atoms with Gasteiger partial charge in [-0.15, -0.1) is 0 Å². The third-order valence-corrected chi connectivity index (χ3v) is 4.15. The topological polar surface area (TPSA) is 128 Å². The predicted octanol–water partition coefficient (Wildman–Crippen LogP) is 3.57. The maximum absolute atomic E-state index is 12.4. The molecular weight excluding hydrogens is 386 g/mol. The lowest BCUT2D eigenvalue weighted by molar-refractivity contribution is -0.385. The molecule has 0 bridgehead atoms. The molecule has 0 saturated carbocycles. The van der Waals surface area contributed by atoms with Crippen molar-refractivity contribution in [2.45, 2.75) is 0 Å². The Hall–Kier alpha value is -4.60. The van der Waals surface area contributed by atoms with Crippen LogP contribution in [0.2, 0.25) is 0 Å². The van der Waals surface area contributed by atoms with Gasteiger partial charge in [-0.05, 0) is 36.4 Å². The van der Waals surface area contributed by atoms with Crippen LogP contribution in [0.4, 0.5) is 22.9 Å². The molecule has 148 valence electrons. The summed E-state index contributed by atoms with van der Waals surface area (Å²) in [5, 5.41) is 21.0. The van der Waals surface area contributed by atoms with Crippen molar-refractivity contribution in [1.82, 2.24) is 19.7 Å². The number of hydrogen-bond donors (Lipinski definition) is 2. The van der Waals surface area contributed by atoms with Gasteiger partial charge >= 0.3 is 0 Å². The SMILES string of the molecule is O=C(Nc1ccc(Nc2cc(-n3cccn3)ncn2)cc1)c1ccccc1[N+](=O)[O-]. The van der Waals surface area contributed by atoms with Gasteiger partial charge in [0.25, 0.3) is 11.6 Å². The van der Waals surface area contributed by atoms with E-state index in [0.29, 0.717) is 17.3 Å². The summed E-state index contributed by atoms with van der Waals surface area (Å²) in [5.41, 5.74) is 0.995. The first kappa shape index (κ1) is 18.7. The summed E-state index contributed by atoms with van der Waals surface area (Å²) in [6.07, 6.45) is 4.87. The van der Waals surface area contributed by atoms with Crippen molar-refractivity contribution in [2.24, 2.45) is 0 Å². The van der Waals surface area contributed by atoms with Crippen molar-refractivity contribution in [3.05, 3.63) is 95.1 Å². The number of benzene rings is 2. The maximum atomic E-state index is 12.4. The number of nitro groups is 1. The molecule has 4 rings (SSSR count). The summed E-state index contributed by atoms with van der Waals surface area (Å²) in [7, 11) is 0. The molecule has 0 unspecified atom stereocenters. The molecule has 1 amide bonds. The van der Waals surface area contributed by atoms with E-state index in [1.165, 1.54) is 24.5 Å². The van der Waals surface area contributed by atoms with Gasteiger partial charge in [0, 0.05) is 35.9 Å². The van der Waals surface area contributed by atoms with Crippen molar-refractivity contribution in [3.63, 3.8) is 0 Å². The molecule has 2 N–H and O–H groups in total. The Morgan fingerprint density at radius 1 is 1.00 bits per heavy atom. The van der Waals surface area contributed by atoms with Crippen molar-refractivity contribution in [1.29, 1.82) is 0 Å². The van der Waals surface area contributed by atoms with Crippen LogP contribution >= 0.6 is 0 Å². The first-order chi connectivity index (χ1) is 14.6. The number of anilines is 3. The summed E-state index contributed by atoms with van der Waals surface area (Å²) in [6.45, 7) is 0. The van der Waals surface area contributed by atoms with Gasteiger partial charge < -0.3 is 10.6 Å². The second-order valence-corrected chi connectivity index (χ2v) is 6.14. The zero-order valence-corrected chi connectivity index (χ0v) is 15.5. The fourth-order valence-electron chi connectivity index (χ4n) is 2.75. The molecule has 0 atom stereocenters. The van der Waals surface area contributed by atoms with E-state index in [2.05, 4.69) is 25.7 Å². The molecule has 0 aliphatic heterocycles. The number of carbonyl (C=O) groups is 1. The average Bonchev–Trinajstić information content (AvgIpc) is 3.30. The highest BCUT2D eigenvalue weighted by Gasteiger charge is 2.19. The summed E-state index contributed by atoms with van der Waals surface area (Å²) in [5.74, 6) is 0.640. The Kier molecular flexibility index (Phi) is 5.12. The minimum absolute atomic E-state index is 0.00293. The Labute approximate surface area is 170 Å². The molecule has 0 spiro atoms. The van der Waals surface area contributed by atoms with E-state index in [1.807, 2.05) is 0 Å². The van der Waals surface area contributed by atoms with E-state index in [-0.39, 0.29) is 11.3 Å². The van der Waals surface area contributed by atoms with Gasteiger partial charge in [-0.3, -0.25) is 14.9 Å². The molecule has 30 heavy (non-hydrogen) atoms. The van der Waals surface area contributed by atoms with Gasteiger partial charge in [0.05, 0.1) is 4.92 Å². The molecule has 0 fully saturated rings. The van der Waals surface area contributed by atoms with E-state index >= 15 is 0 Å². The van der Waals surface area contributed by atoms with Crippen molar-refractivity contribution >= 4 is 28.8 Å². The lowest BCUT2D eigenvalue weighted by Crippen LogP contribution is -2.13. The summed E-state index contributed by atoms with van der Waals surface area (Å²) >= 11 is 0. The van der Waals surface area contributed by atoms with Gasteiger partial charge in [-0.2, -0.15) is 5.10 Å². The molecule has 0 aliphatic rings. The number of carbonyl (C=O) groups excluding carboxylic acids is 1. The highest BCUT2D eigenvalue weighted by Crippen LogP contribution is 2.21. The van der Waals surface area contributed by atoms with Crippen LogP contribution in [0, 0.1) is 10.1 Å². The standard InChI is InChI=1S/C20H15N7O3/c28-20(16-4-1-2-5-17(16)27(29)30)25-15-8-6-14(7-9-15)24-18-12-19(22-13-21-18)26-11-3-10-23-26/h1-13H,(H,25,28)(H,21,22,24). The first-order valence-corrected chi connectivity index (χ1v) is 8.84. The minimum atomic E-state index is -0.582. The molecular formula is C20H15N7O3. The molecule has 10 nitrogen and oxygen atoms in total. The van der Waals surface area contributed by atoms with Crippen LogP contribution in [-0.4, -0.2) is 30.6 Å². The smallest absolute Gasteiger partial charge is 0.282 e. The van der Waals surface area contributed by atoms with Gasteiger partial charge in [0.1, 0.15) is 17.7 Å². The Morgan fingerprint density at radius 2 is 1.77 bits per heavy atom. The zero-order chi connectivity index (χ0) is 20.9. The van der Waals surface area contributed by atoms with E-state index < -0.39 is 10.8 Å². The zero-order valence-electron chi connectivity index (χ0n) is 15.5. The number of rotatable bonds is 6. The number of nitrogens with one attached hydrogen (secondary N) is 2. The summed E-state index contributed by atoms with van der Waals surface area (Å²) < 4.78 is 1.62. The number of nitro benzene ring substituents is 1. The normalized spacial score (nSPS) is 10.4. The second-order valence-electron chi connectivity index (χ2n) is 6.14. The largest absolute Gasteiger partial charge is 0.340 e.